The fraction of sp³-hybridized carbons (Fsp3) is 0.417. The lowest BCUT2D eigenvalue weighted by Crippen LogP contribution is -2.45. The van der Waals surface area contributed by atoms with Gasteiger partial charge in [-0.25, -0.2) is 8.42 Å². The van der Waals surface area contributed by atoms with Crippen molar-refractivity contribution in [2.75, 3.05) is 19.6 Å². The van der Waals surface area contributed by atoms with E-state index in [0.717, 1.165) is 12.1 Å². The van der Waals surface area contributed by atoms with Gasteiger partial charge in [0, 0.05) is 31.7 Å². The number of nitrogens with zero attached hydrogens (tertiary/aromatic N) is 2. The molecule has 2 fully saturated rings. The van der Waals surface area contributed by atoms with E-state index < -0.39 is 45.7 Å². The Morgan fingerprint density at radius 1 is 1.06 bits per heavy atom. The number of alkyl halides is 3. The Morgan fingerprint density at radius 2 is 1.78 bits per heavy atom. The van der Waals surface area contributed by atoms with Crippen molar-refractivity contribution in [2.45, 2.75) is 49.0 Å². The largest absolute Gasteiger partial charge is 0.416 e. The molecule has 0 spiro atoms. The van der Waals surface area contributed by atoms with Gasteiger partial charge in [-0.05, 0) is 55.2 Å². The number of hydrogen-bond acceptors (Lipinski definition) is 5. The number of carbonyl (C=O) groups excluding carboxylic acids is 2. The number of benzene rings is 2. The summed E-state index contributed by atoms with van der Waals surface area (Å²) in [5.41, 5.74) is -0.175. The van der Waals surface area contributed by atoms with Crippen LogP contribution in [0.4, 0.5) is 13.2 Å². The molecule has 0 bridgehead atoms. The number of hydrogen-bond donors (Lipinski definition) is 2. The van der Waals surface area contributed by atoms with Gasteiger partial charge in [-0.15, -0.1) is 0 Å². The molecular weight excluding hydrogens is 499 g/mol. The summed E-state index contributed by atoms with van der Waals surface area (Å²) >= 11 is 0. The molecule has 36 heavy (non-hydrogen) atoms. The van der Waals surface area contributed by atoms with Crippen molar-refractivity contribution in [3.63, 3.8) is 0 Å². The summed E-state index contributed by atoms with van der Waals surface area (Å²) in [5.74, 6) is -0.920. The Labute approximate surface area is 206 Å². The summed E-state index contributed by atoms with van der Waals surface area (Å²) in [6, 6.07) is 9.28. The molecule has 4 rings (SSSR count). The van der Waals surface area contributed by atoms with Crippen LogP contribution in [-0.4, -0.2) is 66.3 Å². The third-order valence-electron chi connectivity index (χ3n) is 6.41. The van der Waals surface area contributed by atoms with Gasteiger partial charge in [0.05, 0.1) is 16.6 Å². The van der Waals surface area contributed by atoms with Crippen molar-refractivity contribution >= 4 is 21.8 Å². The molecule has 2 atom stereocenters. The number of sulfonamides is 1. The number of amides is 2. The molecule has 8 nitrogen and oxygen atoms in total. The Hall–Kier alpha value is -2.96. The smallest absolute Gasteiger partial charge is 0.392 e. The van der Waals surface area contributed by atoms with Crippen molar-refractivity contribution in [2.24, 2.45) is 0 Å². The minimum absolute atomic E-state index is 0.00488. The molecule has 2 heterocycles. The van der Waals surface area contributed by atoms with Gasteiger partial charge in [0.25, 0.3) is 5.91 Å². The maximum atomic E-state index is 13.2. The third kappa shape index (κ3) is 5.55. The highest BCUT2D eigenvalue weighted by atomic mass is 32.2. The van der Waals surface area contributed by atoms with E-state index in [9.17, 15) is 36.3 Å². The van der Waals surface area contributed by atoms with Crippen LogP contribution in [0.2, 0.25) is 0 Å². The van der Waals surface area contributed by atoms with Crippen molar-refractivity contribution in [3.8, 4) is 0 Å². The predicted octanol–water partition coefficient (Wildman–Crippen LogP) is 2.38. The molecule has 0 aromatic heterocycles. The number of likely N-dealkylation sites (tertiary alicyclic amines) is 1. The molecule has 2 aliphatic rings. The van der Waals surface area contributed by atoms with Crippen LogP contribution in [0.3, 0.4) is 0 Å². The third-order valence-corrected chi connectivity index (χ3v) is 8.27. The van der Waals surface area contributed by atoms with E-state index >= 15 is 0 Å². The van der Waals surface area contributed by atoms with Crippen LogP contribution in [0.1, 0.15) is 40.7 Å². The molecule has 2 saturated heterocycles. The fourth-order valence-corrected chi connectivity index (χ4v) is 5.97. The van der Waals surface area contributed by atoms with E-state index in [1.54, 1.807) is 0 Å². The molecule has 2 aromatic carbocycles. The molecule has 0 unspecified atom stereocenters. The zero-order valence-corrected chi connectivity index (χ0v) is 20.1. The Morgan fingerprint density at radius 3 is 2.42 bits per heavy atom. The highest BCUT2D eigenvalue weighted by Gasteiger charge is 2.36. The van der Waals surface area contributed by atoms with Gasteiger partial charge >= 0.3 is 6.18 Å². The van der Waals surface area contributed by atoms with Gasteiger partial charge in [-0.2, -0.15) is 17.5 Å². The number of rotatable bonds is 6. The molecule has 2 aliphatic heterocycles. The average molecular weight is 526 g/mol. The summed E-state index contributed by atoms with van der Waals surface area (Å²) in [4.78, 5) is 27.3. The molecule has 0 radical (unpaired) electrons. The summed E-state index contributed by atoms with van der Waals surface area (Å²) in [6.07, 6.45) is -3.84. The Balaban J connectivity index is 1.43. The number of carbonyl (C=O) groups is 2. The standard InChI is InChI=1S/C24H26F3N3O5S/c25-24(26,27)18-8-6-16(7-9-18)14-28-22(32)21-5-2-11-30(21)23(33)17-3-1-4-20(13-17)36(34,35)29-12-10-19(31)15-29/h1,3-4,6-9,13,19,21,31H,2,5,10-12,14-15H2,(H,28,32)/t19-,21+/m0/s1. The van der Waals surface area contributed by atoms with Crippen molar-refractivity contribution in [3.05, 3.63) is 65.2 Å². The minimum atomic E-state index is -4.45. The number of β-amino-alcohol motifs (C(OH)–C–C–N with tert-alkyl or cyclic N) is 1. The van der Waals surface area contributed by atoms with E-state index in [4.69, 9.17) is 0 Å². The topological polar surface area (TPSA) is 107 Å². The predicted molar refractivity (Wildman–Crippen MR) is 123 cm³/mol. The van der Waals surface area contributed by atoms with Crippen LogP contribution in [0, 0.1) is 0 Å². The first-order valence-corrected chi connectivity index (χ1v) is 12.9. The van der Waals surface area contributed by atoms with Crippen LogP contribution in [-0.2, 0) is 27.5 Å². The maximum absolute atomic E-state index is 13.2. The van der Waals surface area contributed by atoms with Gasteiger partial charge in [0.15, 0.2) is 0 Å². The van der Waals surface area contributed by atoms with Crippen LogP contribution >= 0.6 is 0 Å². The summed E-state index contributed by atoms with van der Waals surface area (Å²) in [6.45, 7) is 0.500. The molecule has 0 aliphatic carbocycles. The van der Waals surface area contributed by atoms with E-state index in [1.165, 1.54) is 45.6 Å². The molecule has 194 valence electrons. The average Bonchev–Trinajstić information content (AvgIpc) is 3.51. The minimum Gasteiger partial charge on any atom is -0.392 e. The first-order chi connectivity index (χ1) is 17.0. The maximum Gasteiger partial charge on any atom is 0.416 e. The van der Waals surface area contributed by atoms with Gasteiger partial charge in [0.2, 0.25) is 15.9 Å². The van der Waals surface area contributed by atoms with E-state index in [1.807, 2.05) is 0 Å². The first kappa shape index (κ1) is 26.1. The first-order valence-electron chi connectivity index (χ1n) is 11.5. The lowest BCUT2D eigenvalue weighted by molar-refractivity contribution is -0.137. The second-order valence-electron chi connectivity index (χ2n) is 8.90. The van der Waals surface area contributed by atoms with Gasteiger partial charge < -0.3 is 15.3 Å². The summed E-state index contributed by atoms with van der Waals surface area (Å²) in [7, 11) is -3.88. The van der Waals surface area contributed by atoms with E-state index in [2.05, 4.69) is 5.32 Å². The van der Waals surface area contributed by atoms with Gasteiger partial charge in [-0.1, -0.05) is 18.2 Å². The molecule has 2 N–H and O–H groups in total. The van der Waals surface area contributed by atoms with Crippen LogP contribution in [0.15, 0.2) is 53.4 Å². The van der Waals surface area contributed by atoms with Gasteiger partial charge in [0.1, 0.15) is 6.04 Å². The molecule has 2 amide bonds. The summed E-state index contributed by atoms with van der Waals surface area (Å²) in [5, 5.41) is 12.4. The zero-order chi connectivity index (χ0) is 26.1. The molecule has 0 saturated carbocycles. The highest BCUT2D eigenvalue weighted by Crippen LogP contribution is 2.29. The van der Waals surface area contributed by atoms with Crippen molar-refractivity contribution < 1.29 is 36.3 Å². The Bertz CT molecular complexity index is 1230. The monoisotopic (exact) mass is 525 g/mol. The lowest BCUT2D eigenvalue weighted by atomic mass is 10.1. The quantitative estimate of drug-likeness (QED) is 0.603. The molecule has 12 heteroatoms. The van der Waals surface area contributed by atoms with E-state index in [-0.39, 0.29) is 30.1 Å². The number of aliphatic hydroxyl groups is 1. The normalized spacial score (nSPS) is 21.1. The second kappa shape index (κ2) is 10.2. The molecule has 2 aromatic rings. The second-order valence-corrected chi connectivity index (χ2v) is 10.8. The fourth-order valence-electron chi connectivity index (χ4n) is 4.43. The number of halogens is 3. The lowest BCUT2D eigenvalue weighted by Gasteiger charge is -2.24. The number of aliphatic hydroxyl groups excluding tert-OH is 1. The van der Waals surface area contributed by atoms with E-state index in [0.29, 0.717) is 31.4 Å². The zero-order valence-electron chi connectivity index (χ0n) is 19.2. The highest BCUT2D eigenvalue weighted by molar-refractivity contribution is 7.89. The Kier molecular flexibility index (Phi) is 7.39. The SMILES string of the molecule is O=C(NCc1ccc(C(F)(F)F)cc1)[C@H]1CCCN1C(=O)c1cccc(S(=O)(=O)N2CC[C@H](O)C2)c1. The summed E-state index contributed by atoms with van der Waals surface area (Å²) < 4.78 is 65.2. The van der Waals surface area contributed by atoms with Crippen LogP contribution in [0.5, 0.6) is 0 Å². The number of nitrogens with one attached hydrogen (secondary N) is 1. The van der Waals surface area contributed by atoms with Crippen molar-refractivity contribution in [1.29, 1.82) is 0 Å². The molecular formula is C24H26F3N3O5S. The van der Waals surface area contributed by atoms with Gasteiger partial charge in [-0.3, -0.25) is 9.59 Å². The van der Waals surface area contributed by atoms with Crippen LogP contribution < -0.4 is 5.32 Å². The van der Waals surface area contributed by atoms with Crippen molar-refractivity contribution in [1.82, 2.24) is 14.5 Å². The van der Waals surface area contributed by atoms with Crippen LogP contribution in [0.25, 0.3) is 0 Å².